The summed E-state index contributed by atoms with van der Waals surface area (Å²) in [5, 5.41) is 13.2. The summed E-state index contributed by atoms with van der Waals surface area (Å²) in [6.07, 6.45) is 0. The summed E-state index contributed by atoms with van der Waals surface area (Å²) < 4.78 is 5.25. The van der Waals surface area contributed by atoms with Crippen molar-refractivity contribution >= 4 is 28.2 Å². The van der Waals surface area contributed by atoms with Crippen molar-refractivity contribution in [1.29, 1.82) is 0 Å². The number of benzene rings is 3. The zero-order chi connectivity index (χ0) is 22.8. The third-order valence-corrected chi connectivity index (χ3v) is 5.78. The van der Waals surface area contributed by atoms with Crippen molar-refractivity contribution in [2.24, 2.45) is 0 Å². The highest BCUT2D eigenvalue weighted by Crippen LogP contribution is 2.40. The molecular formula is C26H26N2O4. The number of rotatable bonds is 6. The minimum Gasteiger partial charge on any atom is -0.507 e. The van der Waals surface area contributed by atoms with E-state index in [4.69, 9.17) is 4.74 Å². The van der Waals surface area contributed by atoms with Crippen LogP contribution in [0.15, 0.2) is 72.3 Å². The molecule has 1 unspecified atom stereocenters. The SMILES string of the molecule is COc1ccc(C2/C(=C(/O)c3ccc4ccccc4c3)C(=O)C(=O)N2CCN(C)C)cc1. The van der Waals surface area contributed by atoms with E-state index in [1.54, 1.807) is 25.3 Å². The second-order valence-corrected chi connectivity index (χ2v) is 8.13. The zero-order valence-corrected chi connectivity index (χ0v) is 18.4. The number of hydrogen-bond acceptors (Lipinski definition) is 5. The predicted molar refractivity (Wildman–Crippen MR) is 125 cm³/mol. The highest BCUT2D eigenvalue weighted by Gasteiger charge is 2.45. The molecule has 0 aromatic heterocycles. The van der Waals surface area contributed by atoms with E-state index in [0.717, 1.165) is 16.3 Å². The molecule has 1 aliphatic rings. The van der Waals surface area contributed by atoms with Crippen LogP contribution in [0, 0.1) is 0 Å². The molecule has 0 saturated carbocycles. The lowest BCUT2D eigenvalue weighted by Crippen LogP contribution is -2.35. The third kappa shape index (κ3) is 3.97. The second-order valence-electron chi connectivity index (χ2n) is 8.13. The van der Waals surface area contributed by atoms with E-state index in [2.05, 4.69) is 0 Å². The fraction of sp³-hybridized carbons (Fsp3) is 0.231. The van der Waals surface area contributed by atoms with Crippen molar-refractivity contribution in [3.8, 4) is 5.75 Å². The van der Waals surface area contributed by atoms with Gasteiger partial charge in [0.05, 0.1) is 18.7 Å². The molecule has 1 atom stereocenters. The number of likely N-dealkylation sites (N-methyl/N-ethyl adjacent to an activating group) is 1. The molecule has 1 N–H and O–H groups in total. The summed E-state index contributed by atoms with van der Waals surface area (Å²) in [7, 11) is 5.40. The van der Waals surface area contributed by atoms with Crippen molar-refractivity contribution in [3.05, 3.63) is 83.4 Å². The van der Waals surface area contributed by atoms with E-state index >= 15 is 0 Å². The minimum absolute atomic E-state index is 0.106. The number of methoxy groups -OCH3 is 1. The molecule has 0 aliphatic carbocycles. The summed E-state index contributed by atoms with van der Waals surface area (Å²) in [5.41, 5.74) is 1.35. The van der Waals surface area contributed by atoms with Crippen molar-refractivity contribution in [2.45, 2.75) is 6.04 Å². The largest absolute Gasteiger partial charge is 0.507 e. The van der Waals surface area contributed by atoms with Gasteiger partial charge in [0, 0.05) is 18.7 Å². The van der Waals surface area contributed by atoms with Gasteiger partial charge in [-0.1, -0.05) is 48.5 Å². The number of aliphatic hydroxyl groups excluding tert-OH is 1. The van der Waals surface area contributed by atoms with E-state index in [1.165, 1.54) is 4.90 Å². The molecule has 4 rings (SSSR count). The number of carbonyl (C=O) groups is 2. The Balaban J connectivity index is 1.85. The Morgan fingerprint density at radius 2 is 1.69 bits per heavy atom. The molecule has 3 aromatic carbocycles. The number of ether oxygens (including phenoxy) is 1. The van der Waals surface area contributed by atoms with Gasteiger partial charge < -0.3 is 19.6 Å². The standard InChI is InChI=1S/C26H26N2O4/c1-27(2)14-15-28-23(18-10-12-21(32-3)13-11-18)22(25(30)26(28)31)24(29)20-9-8-17-6-4-5-7-19(17)16-20/h4-13,16,23,29H,14-15H2,1-3H3/b24-22-. The molecule has 1 saturated heterocycles. The number of fused-ring (bicyclic) bond motifs is 1. The van der Waals surface area contributed by atoms with Gasteiger partial charge in [-0.2, -0.15) is 0 Å². The second kappa shape index (κ2) is 8.85. The Bertz CT molecular complexity index is 1200. The number of ketones is 1. The zero-order valence-electron chi connectivity index (χ0n) is 18.4. The monoisotopic (exact) mass is 430 g/mol. The lowest BCUT2D eigenvalue weighted by molar-refractivity contribution is -0.140. The fourth-order valence-corrected chi connectivity index (χ4v) is 4.04. The molecule has 1 fully saturated rings. The number of aliphatic hydroxyl groups is 1. The van der Waals surface area contributed by atoms with E-state index < -0.39 is 17.7 Å². The Morgan fingerprint density at radius 3 is 2.34 bits per heavy atom. The van der Waals surface area contributed by atoms with Gasteiger partial charge in [0.2, 0.25) is 0 Å². The van der Waals surface area contributed by atoms with Crippen molar-refractivity contribution in [3.63, 3.8) is 0 Å². The van der Waals surface area contributed by atoms with E-state index in [9.17, 15) is 14.7 Å². The first-order chi connectivity index (χ1) is 15.4. The predicted octanol–water partition coefficient (Wildman–Crippen LogP) is 3.83. The number of likely N-dealkylation sites (tertiary alicyclic amines) is 1. The number of carbonyl (C=O) groups excluding carboxylic acids is 2. The molecule has 6 heteroatoms. The normalized spacial score (nSPS) is 18.0. The average Bonchev–Trinajstić information content (AvgIpc) is 3.06. The first-order valence-electron chi connectivity index (χ1n) is 10.5. The lowest BCUT2D eigenvalue weighted by atomic mass is 9.94. The summed E-state index contributed by atoms with van der Waals surface area (Å²) in [6.45, 7) is 0.957. The summed E-state index contributed by atoms with van der Waals surface area (Å²) in [4.78, 5) is 29.6. The van der Waals surface area contributed by atoms with Gasteiger partial charge in [-0.25, -0.2) is 0 Å². The molecule has 164 valence electrons. The number of amides is 1. The van der Waals surface area contributed by atoms with Gasteiger partial charge in [-0.15, -0.1) is 0 Å². The molecule has 3 aromatic rings. The number of hydrogen-bond donors (Lipinski definition) is 1. The fourth-order valence-electron chi connectivity index (χ4n) is 4.04. The Morgan fingerprint density at radius 1 is 1.00 bits per heavy atom. The van der Waals surface area contributed by atoms with Gasteiger partial charge in [-0.05, 0) is 48.6 Å². The van der Waals surface area contributed by atoms with E-state index in [1.807, 2.05) is 67.5 Å². The lowest BCUT2D eigenvalue weighted by Gasteiger charge is -2.26. The molecule has 1 amide bonds. The molecule has 32 heavy (non-hydrogen) atoms. The highest BCUT2D eigenvalue weighted by atomic mass is 16.5. The van der Waals surface area contributed by atoms with Crippen LogP contribution in [0.3, 0.4) is 0 Å². The van der Waals surface area contributed by atoms with Gasteiger partial charge in [0.15, 0.2) is 0 Å². The van der Waals surface area contributed by atoms with Crippen LogP contribution in [0.4, 0.5) is 0 Å². The maximum atomic E-state index is 13.1. The number of nitrogens with zero attached hydrogens (tertiary/aromatic N) is 2. The maximum Gasteiger partial charge on any atom is 0.295 e. The van der Waals surface area contributed by atoms with E-state index in [0.29, 0.717) is 24.4 Å². The molecule has 0 radical (unpaired) electrons. The van der Waals surface area contributed by atoms with Gasteiger partial charge in [0.25, 0.3) is 11.7 Å². The van der Waals surface area contributed by atoms with Crippen molar-refractivity contribution in [1.82, 2.24) is 9.80 Å². The molecule has 0 spiro atoms. The number of Topliss-reactive ketones (excluding diaryl/α,β-unsaturated/α-hetero) is 1. The highest BCUT2D eigenvalue weighted by molar-refractivity contribution is 6.46. The van der Waals surface area contributed by atoms with Crippen LogP contribution < -0.4 is 4.74 Å². The van der Waals surface area contributed by atoms with Gasteiger partial charge in [0.1, 0.15) is 11.5 Å². The average molecular weight is 431 g/mol. The minimum atomic E-state index is -0.674. The first-order valence-corrected chi connectivity index (χ1v) is 10.5. The van der Waals surface area contributed by atoms with Gasteiger partial charge in [-0.3, -0.25) is 9.59 Å². The third-order valence-electron chi connectivity index (χ3n) is 5.78. The van der Waals surface area contributed by atoms with Crippen LogP contribution in [0.25, 0.3) is 16.5 Å². The van der Waals surface area contributed by atoms with Crippen LogP contribution in [-0.2, 0) is 9.59 Å². The molecule has 6 nitrogen and oxygen atoms in total. The molecular weight excluding hydrogens is 404 g/mol. The molecule has 0 bridgehead atoms. The van der Waals surface area contributed by atoms with Crippen LogP contribution in [0.2, 0.25) is 0 Å². The van der Waals surface area contributed by atoms with Crippen LogP contribution in [0.1, 0.15) is 17.2 Å². The van der Waals surface area contributed by atoms with Crippen LogP contribution >= 0.6 is 0 Å². The summed E-state index contributed by atoms with van der Waals surface area (Å²) in [6, 6.07) is 19.9. The molecule has 1 aliphatic heterocycles. The quantitative estimate of drug-likeness (QED) is 0.366. The Labute approximate surface area is 187 Å². The smallest absolute Gasteiger partial charge is 0.295 e. The molecule has 1 heterocycles. The van der Waals surface area contributed by atoms with E-state index in [-0.39, 0.29) is 11.3 Å². The summed E-state index contributed by atoms with van der Waals surface area (Å²) in [5.74, 6) is -0.763. The Kier molecular flexibility index (Phi) is 5.97. The van der Waals surface area contributed by atoms with Crippen LogP contribution in [-0.4, -0.2) is 60.9 Å². The first kappa shape index (κ1) is 21.6. The van der Waals surface area contributed by atoms with Crippen molar-refractivity contribution < 1.29 is 19.4 Å². The Hall–Kier alpha value is -3.64. The van der Waals surface area contributed by atoms with Gasteiger partial charge >= 0.3 is 0 Å². The topological polar surface area (TPSA) is 70.1 Å². The van der Waals surface area contributed by atoms with Crippen LogP contribution in [0.5, 0.6) is 5.75 Å². The van der Waals surface area contributed by atoms with Crippen molar-refractivity contribution in [2.75, 3.05) is 34.3 Å². The summed E-state index contributed by atoms with van der Waals surface area (Å²) >= 11 is 0. The maximum absolute atomic E-state index is 13.1.